The summed E-state index contributed by atoms with van der Waals surface area (Å²) in [6.45, 7) is 3.76. The number of rotatable bonds is 1. The lowest BCUT2D eigenvalue weighted by Crippen LogP contribution is -2.34. The van der Waals surface area contributed by atoms with Gasteiger partial charge in [-0.15, -0.1) is 0 Å². The van der Waals surface area contributed by atoms with Gasteiger partial charge >= 0.3 is 0 Å². The van der Waals surface area contributed by atoms with Crippen molar-refractivity contribution >= 4 is 11.6 Å². The van der Waals surface area contributed by atoms with Gasteiger partial charge in [-0.25, -0.2) is 0 Å². The Bertz CT molecular complexity index is 458. The molecule has 16 heavy (non-hydrogen) atoms. The molecule has 2 aliphatic rings. The first-order chi connectivity index (χ1) is 7.65. The van der Waals surface area contributed by atoms with E-state index in [0.717, 1.165) is 17.0 Å². The van der Waals surface area contributed by atoms with Crippen LogP contribution in [0.5, 0.6) is 5.75 Å². The lowest BCUT2D eigenvalue weighted by atomic mass is 10.1. The highest BCUT2D eigenvalue weighted by Gasteiger charge is 2.36. The molecule has 3 rings (SSSR count). The fraction of sp³-hybridized carbons (Fsp3) is 0.417. The second kappa shape index (κ2) is 3.22. The summed E-state index contributed by atoms with van der Waals surface area (Å²) in [4.78, 5) is 11.5. The summed E-state index contributed by atoms with van der Waals surface area (Å²) >= 11 is 0. The molecule has 0 bridgehead atoms. The molecule has 1 aromatic rings. The average Bonchev–Trinajstić information content (AvgIpc) is 2.97. The molecule has 84 valence electrons. The van der Waals surface area contributed by atoms with Gasteiger partial charge in [0.15, 0.2) is 6.10 Å². The number of carbonyl (C=O) groups is 1. The van der Waals surface area contributed by atoms with E-state index in [0.29, 0.717) is 0 Å². The van der Waals surface area contributed by atoms with Crippen molar-refractivity contribution in [2.24, 2.45) is 0 Å². The zero-order valence-electron chi connectivity index (χ0n) is 9.19. The predicted molar refractivity (Wildman–Crippen MR) is 58.4 cm³/mol. The molecule has 3 unspecified atom stereocenters. The van der Waals surface area contributed by atoms with Crippen LogP contribution in [0.2, 0.25) is 0 Å². The van der Waals surface area contributed by atoms with Gasteiger partial charge in [0.05, 0.1) is 11.8 Å². The smallest absolute Gasteiger partial charge is 0.265 e. The van der Waals surface area contributed by atoms with E-state index in [4.69, 9.17) is 9.47 Å². The SMILES string of the molecule is CC1Oc2ccc(C3OC3C)cc2NC1=O. The van der Waals surface area contributed by atoms with Crippen LogP contribution in [0.4, 0.5) is 5.69 Å². The van der Waals surface area contributed by atoms with Crippen molar-refractivity contribution in [3.05, 3.63) is 23.8 Å². The molecule has 1 fully saturated rings. The Hall–Kier alpha value is -1.55. The van der Waals surface area contributed by atoms with E-state index in [-0.39, 0.29) is 18.1 Å². The van der Waals surface area contributed by atoms with E-state index in [2.05, 4.69) is 5.32 Å². The Morgan fingerprint density at radius 3 is 2.75 bits per heavy atom. The summed E-state index contributed by atoms with van der Waals surface area (Å²) < 4.78 is 10.9. The summed E-state index contributed by atoms with van der Waals surface area (Å²) in [7, 11) is 0. The maximum Gasteiger partial charge on any atom is 0.265 e. The van der Waals surface area contributed by atoms with Crippen LogP contribution in [-0.4, -0.2) is 18.1 Å². The van der Waals surface area contributed by atoms with Gasteiger partial charge in [-0.1, -0.05) is 6.07 Å². The van der Waals surface area contributed by atoms with Crippen molar-refractivity contribution in [3.8, 4) is 5.75 Å². The quantitative estimate of drug-likeness (QED) is 0.733. The topological polar surface area (TPSA) is 50.9 Å². The number of ether oxygens (including phenoxy) is 2. The van der Waals surface area contributed by atoms with Crippen molar-refractivity contribution in [2.45, 2.75) is 32.2 Å². The summed E-state index contributed by atoms with van der Waals surface area (Å²) in [6.07, 6.45) is 0.0215. The molecule has 0 aromatic heterocycles. The Morgan fingerprint density at radius 1 is 1.31 bits per heavy atom. The van der Waals surface area contributed by atoms with Crippen LogP contribution in [0.1, 0.15) is 25.5 Å². The standard InChI is InChI=1S/C12H13NO3/c1-6-11(16-6)8-3-4-10-9(5-8)13-12(14)7(2)15-10/h3-7,11H,1-2H3,(H,13,14). The van der Waals surface area contributed by atoms with Gasteiger partial charge in [-0.2, -0.15) is 0 Å². The third-order valence-corrected chi connectivity index (χ3v) is 2.97. The van der Waals surface area contributed by atoms with Crippen LogP contribution < -0.4 is 10.1 Å². The van der Waals surface area contributed by atoms with Crippen molar-refractivity contribution < 1.29 is 14.3 Å². The van der Waals surface area contributed by atoms with E-state index < -0.39 is 6.10 Å². The molecule has 1 N–H and O–H groups in total. The summed E-state index contributed by atoms with van der Waals surface area (Å²) in [5.41, 5.74) is 1.83. The molecule has 4 nitrogen and oxygen atoms in total. The van der Waals surface area contributed by atoms with Crippen molar-refractivity contribution in [2.75, 3.05) is 5.32 Å². The van der Waals surface area contributed by atoms with Gasteiger partial charge in [-0.3, -0.25) is 4.79 Å². The van der Waals surface area contributed by atoms with Crippen molar-refractivity contribution in [3.63, 3.8) is 0 Å². The van der Waals surface area contributed by atoms with Crippen LogP contribution in [0, 0.1) is 0 Å². The summed E-state index contributed by atoms with van der Waals surface area (Å²) in [5.74, 6) is 0.624. The molecule has 0 radical (unpaired) electrons. The molecular formula is C12H13NO3. The minimum Gasteiger partial charge on any atom is -0.479 e. The number of nitrogens with one attached hydrogen (secondary N) is 1. The van der Waals surface area contributed by atoms with Crippen LogP contribution in [-0.2, 0) is 9.53 Å². The Labute approximate surface area is 93.5 Å². The Balaban J connectivity index is 1.93. The largest absolute Gasteiger partial charge is 0.479 e. The monoisotopic (exact) mass is 219 g/mol. The molecule has 1 aromatic carbocycles. The number of amides is 1. The first kappa shape index (κ1) is 9.66. The summed E-state index contributed by atoms with van der Waals surface area (Å²) in [5, 5.41) is 2.83. The number of anilines is 1. The molecule has 0 spiro atoms. The molecular weight excluding hydrogens is 206 g/mol. The van der Waals surface area contributed by atoms with Crippen LogP contribution in [0.3, 0.4) is 0 Å². The molecule has 4 heteroatoms. The van der Waals surface area contributed by atoms with Crippen LogP contribution >= 0.6 is 0 Å². The van der Waals surface area contributed by atoms with Gasteiger partial charge in [0.1, 0.15) is 11.9 Å². The first-order valence-electron chi connectivity index (χ1n) is 5.42. The molecule has 1 amide bonds. The van der Waals surface area contributed by atoms with E-state index >= 15 is 0 Å². The highest BCUT2D eigenvalue weighted by molar-refractivity contribution is 5.97. The average molecular weight is 219 g/mol. The van der Waals surface area contributed by atoms with Gasteiger partial charge < -0.3 is 14.8 Å². The highest BCUT2D eigenvalue weighted by atomic mass is 16.6. The number of hydrogen-bond acceptors (Lipinski definition) is 3. The Kier molecular flexibility index (Phi) is 1.94. The number of hydrogen-bond donors (Lipinski definition) is 1. The van der Waals surface area contributed by atoms with Gasteiger partial charge in [0.2, 0.25) is 0 Å². The molecule has 3 atom stereocenters. The first-order valence-corrected chi connectivity index (χ1v) is 5.42. The lowest BCUT2D eigenvalue weighted by molar-refractivity contribution is -0.122. The number of epoxide rings is 1. The second-order valence-electron chi connectivity index (χ2n) is 4.27. The minimum atomic E-state index is -0.422. The lowest BCUT2D eigenvalue weighted by Gasteiger charge is -2.23. The zero-order valence-corrected chi connectivity index (χ0v) is 9.19. The number of carbonyl (C=O) groups excluding carboxylic acids is 1. The van der Waals surface area contributed by atoms with Gasteiger partial charge in [0, 0.05) is 0 Å². The van der Waals surface area contributed by atoms with Gasteiger partial charge in [-0.05, 0) is 31.5 Å². The van der Waals surface area contributed by atoms with E-state index in [1.54, 1.807) is 6.92 Å². The van der Waals surface area contributed by atoms with Crippen LogP contribution in [0.15, 0.2) is 18.2 Å². The normalized spacial score (nSPS) is 31.4. The van der Waals surface area contributed by atoms with Gasteiger partial charge in [0.25, 0.3) is 5.91 Å². The fourth-order valence-electron chi connectivity index (χ4n) is 1.94. The third-order valence-electron chi connectivity index (χ3n) is 2.97. The number of benzene rings is 1. The fourth-order valence-corrected chi connectivity index (χ4v) is 1.94. The molecule has 0 aliphatic carbocycles. The van der Waals surface area contributed by atoms with Crippen molar-refractivity contribution in [1.29, 1.82) is 0 Å². The minimum absolute atomic E-state index is 0.102. The molecule has 2 heterocycles. The van der Waals surface area contributed by atoms with Crippen molar-refractivity contribution in [1.82, 2.24) is 0 Å². The molecule has 2 aliphatic heterocycles. The highest BCUT2D eigenvalue weighted by Crippen LogP contribution is 2.41. The summed E-state index contributed by atoms with van der Waals surface area (Å²) in [6, 6.07) is 5.79. The number of fused-ring (bicyclic) bond motifs is 1. The van der Waals surface area contributed by atoms with E-state index in [9.17, 15) is 4.79 Å². The second-order valence-corrected chi connectivity index (χ2v) is 4.27. The van der Waals surface area contributed by atoms with Crippen LogP contribution in [0.25, 0.3) is 0 Å². The molecule has 0 saturated carbocycles. The third kappa shape index (κ3) is 1.46. The Morgan fingerprint density at radius 2 is 2.06 bits per heavy atom. The van der Waals surface area contributed by atoms with E-state index in [1.165, 1.54) is 0 Å². The maximum absolute atomic E-state index is 11.5. The maximum atomic E-state index is 11.5. The van der Waals surface area contributed by atoms with E-state index in [1.807, 2.05) is 25.1 Å². The molecule has 1 saturated heterocycles. The predicted octanol–water partition coefficient (Wildman–Crippen LogP) is 1.87. The zero-order chi connectivity index (χ0) is 11.3.